The lowest BCUT2D eigenvalue weighted by molar-refractivity contribution is -0.117. The molecule has 1 aromatic heterocycles. The van der Waals surface area contributed by atoms with E-state index in [-0.39, 0.29) is 5.82 Å². The van der Waals surface area contributed by atoms with Gasteiger partial charge in [0.15, 0.2) is 17.5 Å². The van der Waals surface area contributed by atoms with Crippen LogP contribution in [0.1, 0.15) is 0 Å². The van der Waals surface area contributed by atoms with E-state index in [1.54, 1.807) is 24.3 Å². The average molecular weight is 368 g/mol. The molecule has 0 fully saturated rings. The highest BCUT2D eigenvalue weighted by Crippen LogP contribution is 2.23. The van der Waals surface area contributed by atoms with Crippen molar-refractivity contribution in [1.82, 2.24) is 20.2 Å². The molecule has 0 saturated heterocycles. The van der Waals surface area contributed by atoms with Gasteiger partial charge in [-0.3, -0.25) is 4.79 Å². The minimum atomic E-state index is -1.67. The van der Waals surface area contributed by atoms with Crippen LogP contribution in [0.2, 0.25) is 5.02 Å². The third kappa shape index (κ3) is 3.61. The number of hydrogen-bond donors (Lipinski definition) is 1. The quantitative estimate of drug-likeness (QED) is 0.719. The molecule has 1 amide bonds. The van der Waals surface area contributed by atoms with Crippen molar-refractivity contribution in [2.45, 2.75) is 6.54 Å². The zero-order chi connectivity index (χ0) is 18.0. The second-order valence-electron chi connectivity index (χ2n) is 4.89. The standard InChI is InChI=1S/C15H9ClF3N5O/c16-9-4-2-1-3-8(9)15-21-23-24(22-15)7-12(25)20-11-6-5-10(17)13(18)14(11)19/h1-6H,7H2,(H,20,25). The molecule has 0 spiro atoms. The smallest absolute Gasteiger partial charge is 0.248 e. The topological polar surface area (TPSA) is 72.7 Å². The van der Waals surface area contributed by atoms with Crippen LogP contribution < -0.4 is 5.32 Å². The number of nitrogens with zero attached hydrogens (tertiary/aromatic N) is 4. The Bertz CT molecular complexity index is 947. The normalized spacial score (nSPS) is 10.7. The highest BCUT2D eigenvalue weighted by molar-refractivity contribution is 6.33. The summed E-state index contributed by atoms with van der Waals surface area (Å²) in [6.07, 6.45) is 0. The Balaban J connectivity index is 1.72. The maximum absolute atomic E-state index is 13.5. The first-order valence-electron chi connectivity index (χ1n) is 6.92. The van der Waals surface area contributed by atoms with Gasteiger partial charge in [0.25, 0.3) is 0 Å². The Morgan fingerprint density at radius 3 is 2.64 bits per heavy atom. The average Bonchev–Trinajstić information content (AvgIpc) is 3.04. The van der Waals surface area contributed by atoms with Crippen molar-refractivity contribution < 1.29 is 18.0 Å². The summed E-state index contributed by atoms with van der Waals surface area (Å²) in [7, 11) is 0. The maximum atomic E-state index is 13.5. The molecular formula is C15H9ClF3N5O. The molecule has 25 heavy (non-hydrogen) atoms. The van der Waals surface area contributed by atoms with E-state index in [1.807, 2.05) is 0 Å². The predicted octanol–water partition coefficient (Wildman–Crippen LogP) is 3.05. The van der Waals surface area contributed by atoms with Gasteiger partial charge in [-0.1, -0.05) is 23.7 Å². The summed E-state index contributed by atoms with van der Waals surface area (Å²) in [4.78, 5) is 12.9. The van der Waals surface area contributed by atoms with Crippen LogP contribution in [-0.4, -0.2) is 26.1 Å². The monoisotopic (exact) mass is 367 g/mol. The molecule has 0 saturated carbocycles. The van der Waals surface area contributed by atoms with Gasteiger partial charge in [-0.2, -0.15) is 4.80 Å². The van der Waals surface area contributed by atoms with E-state index >= 15 is 0 Å². The maximum Gasteiger partial charge on any atom is 0.248 e. The van der Waals surface area contributed by atoms with Gasteiger partial charge in [-0.15, -0.1) is 10.2 Å². The summed E-state index contributed by atoms with van der Waals surface area (Å²) in [5, 5.41) is 14.0. The van der Waals surface area contributed by atoms with Gasteiger partial charge < -0.3 is 5.32 Å². The van der Waals surface area contributed by atoms with Gasteiger partial charge >= 0.3 is 0 Å². The van der Waals surface area contributed by atoms with Gasteiger partial charge in [0, 0.05) is 5.56 Å². The molecule has 6 nitrogen and oxygen atoms in total. The molecule has 128 valence electrons. The second-order valence-corrected chi connectivity index (χ2v) is 5.30. The molecule has 2 aromatic carbocycles. The number of benzene rings is 2. The van der Waals surface area contributed by atoms with Crippen molar-refractivity contribution in [3.05, 3.63) is 58.9 Å². The summed E-state index contributed by atoms with van der Waals surface area (Å²) in [5.41, 5.74) is 0.0396. The number of aromatic nitrogens is 4. The van der Waals surface area contributed by atoms with E-state index < -0.39 is 35.6 Å². The third-order valence-electron chi connectivity index (χ3n) is 3.16. The molecule has 10 heteroatoms. The Labute approximate surface area is 144 Å². The molecule has 3 rings (SSSR count). The van der Waals surface area contributed by atoms with Crippen molar-refractivity contribution in [2.75, 3.05) is 5.32 Å². The molecule has 0 radical (unpaired) electrons. The Morgan fingerprint density at radius 1 is 1.12 bits per heavy atom. The number of rotatable bonds is 4. The number of halogens is 4. The molecule has 0 aliphatic carbocycles. The molecule has 0 atom stereocenters. The summed E-state index contributed by atoms with van der Waals surface area (Å²) in [5.74, 6) is -5.04. The van der Waals surface area contributed by atoms with Gasteiger partial charge in [-0.25, -0.2) is 13.2 Å². The highest BCUT2D eigenvalue weighted by atomic mass is 35.5. The molecule has 0 unspecified atom stereocenters. The first kappa shape index (κ1) is 16.9. The molecule has 0 bridgehead atoms. The zero-order valence-electron chi connectivity index (χ0n) is 12.4. The van der Waals surface area contributed by atoms with E-state index in [4.69, 9.17) is 11.6 Å². The molecular weight excluding hydrogens is 359 g/mol. The minimum Gasteiger partial charge on any atom is -0.322 e. The summed E-state index contributed by atoms with van der Waals surface area (Å²) in [6, 6.07) is 8.42. The van der Waals surface area contributed by atoms with Gasteiger partial charge in [0.1, 0.15) is 6.54 Å². The van der Waals surface area contributed by atoms with E-state index in [0.29, 0.717) is 16.7 Å². The summed E-state index contributed by atoms with van der Waals surface area (Å²) < 4.78 is 39.5. The first-order valence-corrected chi connectivity index (χ1v) is 7.29. The van der Waals surface area contributed by atoms with E-state index in [2.05, 4.69) is 20.7 Å². The number of anilines is 1. The summed E-state index contributed by atoms with van der Waals surface area (Å²) in [6.45, 7) is -0.407. The van der Waals surface area contributed by atoms with Crippen molar-refractivity contribution in [3.63, 3.8) is 0 Å². The van der Waals surface area contributed by atoms with Crippen LogP contribution in [-0.2, 0) is 11.3 Å². The second kappa shape index (κ2) is 6.89. The van der Waals surface area contributed by atoms with Gasteiger partial charge in [-0.05, 0) is 29.5 Å². The third-order valence-corrected chi connectivity index (χ3v) is 3.49. The molecule has 3 aromatic rings. The summed E-state index contributed by atoms with van der Waals surface area (Å²) >= 11 is 6.02. The number of carbonyl (C=O) groups is 1. The Kier molecular flexibility index (Phi) is 4.66. The van der Waals surface area contributed by atoms with Crippen LogP contribution in [0.3, 0.4) is 0 Å². The lowest BCUT2D eigenvalue weighted by atomic mass is 10.2. The van der Waals surface area contributed by atoms with E-state index in [1.165, 1.54) is 0 Å². The number of nitrogens with one attached hydrogen (secondary N) is 1. The number of amides is 1. The lowest BCUT2D eigenvalue weighted by Gasteiger charge is -2.06. The van der Waals surface area contributed by atoms with Gasteiger partial charge in [0.05, 0.1) is 10.7 Å². The van der Waals surface area contributed by atoms with Crippen molar-refractivity contribution in [2.24, 2.45) is 0 Å². The van der Waals surface area contributed by atoms with Crippen LogP contribution in [0.15, 0.2) is 36.4 Å². The van der Waals surface area contributed by atoms with Crippen LogP contribution in [0.25, 0.3) is 11.4 Å². The Morgan fingerprint density at radius 2 is 1.88 bits per heavy atom. The number of tetrazole rings is 1. The SMILES string of the molecule is O=C(Cn1nnc(-c2ccccc2Cl)n1)Nc1ccc(F)c(F)c1F. The highest BCUT2D eigenvalue weighted by Gasteiger charge is 2.16. The van der Waals surface area contributed by atoms with Crippen LogP contribution in [0.5, 0.6) is 0 Å². The fourth-order valence-corrected chi connectivity index (χ4v) is 2.22. The largest absolute Gasteiger partial charge is 0.322 e. The Hall–Kier alpha value is -2.94. The fourth-order valence-electron chi connectivity index (χ4n) is 2.00. The van der Waals surface area contributed by atoms with Crippen molar-refractivity contribution in [3.8, 4) is 11.4 Å². The van der Waals surface area contributed by atoms with Gasteiger partial charge in [0.2, 0.25) is 11.7 Å². The van der Waals surface area contributed by atoms with E-state index in [9.17, 15) is 18.0 Å². The number of carbonyl (C=O) groups excluding carboxylic acids is 1. The molecule has 1 N–H and O–H groups in total. The zero-order valence-corrected chi connectivity index (χ0v) is 13.1. The molecule has 0 aliphatic rings. The first-order chi connectivity index (χ1) is 12.0. The van der Waals surface area contributed by atoms with Crippen molar-refractivity contribution >= 4 is 23.2 Å². The van der Waals surface area contributed by atoms with Crippen LogP contribution >= 0.6 is 11.6 Å². The molecule has 0 aliphatic heterocycles. The molecule has 1 heterocycles. The lowest BCUT2D eigenvalue weighted by Crippen LogP contribution is -2.21. The van der Waals surface area contributed by atoms with E-state index in [0.717, 1.165) is 10.9 Å². The van der Waals surface area contributed by atoms with Crippen molar-refractivity contribution in [1.29, 1.82) is 0 Å². The minimum absolute atomic E-state index is 0.206. The van der Waals surface area contributed by atoms with Crippen LogP contribution in [0, 0.1) is 17.5 Å². The predicted molar refractivity (Wildman–Crippen MR) is 83.2 cm³/mol. The number of hydrogen-bond acceptors (Lipinski definition) is 4. The van der Waals surface area contributed by atoms with Crippen LogP contribution in [0.4, 0.5) is 18.9 Å². The fraction of sp³-hybridized carbons (Fsp3) is 0.0667.